The second-order valence-corrected chi connectivity index (χ2v) is 3.63. The molecule has 0 radical (unpaired) electrons. The largest absolute Gasteiger partial charge is 0.493 e. The summed E-state index contributed by atoms with van der Waals surface area (Å²) in [7, 11) is 0. The van der Waals surface area contributed by atoms with Gasteiger partial charge in [0.2, 0.25) is 0 Å². The number of hydrogen-bond donors (Lipinski definition) is 0. The number of rotatable bonds is 5. The van der Waals surface area contributed by atoms with Gasteiger partial charge in [0, 0.05) is 13.0 Å². The lowest BCUT2D eigenvalue weighted by Gasteiger charge is -2.08. The van der Waals surface area contributed by atoms with Crippen LogP contribution in [0, 0.1) is 6.92 Å². The average molecular weight is 217 g/mol. The van der Waals surface area contributed by atoms with E-state index in [-0.39, 0.29) is 0 Å². The van der Waals surface area contributed by atoms with Crippen LogP contribution in [0.25, 0.3) is 0 Å². The van der Waals surface area contributed by atoms with Crippen molar-refractivity contribution in [3.63, 3.8) is 0 Å². The van der Waals surface area contributed by atoms with Crippen molar-refractivity contribution in [2.45, 2.75) is 19.9 Å². The van der Waals surface area contributed by atoms with Crippen LogP contribution in [-0.2, 0) is 6.54 Å². The van der Waals surface area contributed by atoms with Crippen LogP contribution in [-0.4, -0.2) is 21.4 Å². The zero-order chi connectivity index (χ0) is 11.2. The molecule has 0 saturated heterocycles. The van der Waals surface area contributed by atoms with Crippen molar-refractivity contribution >= 4 is 0 Å². The predicted molar refractivity (Wildman–Crippen MR) is 61.3 cm³/mol. The normalized spacial score (nSPS) is 10.3. The van der Waals surface area contributed by atoms with Gasteiger partial charge in [-0.3, -0.25) is 4.68 Å². The number of aryl methyl sites for hydroxylation is 2. The number of benzene rings is 1. The molecule has 0 aliphatic rings. The van der Waals surface area contributed by atoms with Crippen molar-refractivity contribution in [1.29, 1.82) is 0 Å². The zero-order valence-corrected chi connectivity index (χ0v) is 9.34. The van der Waals surface area contributed by atoms with E-state index in [2.05, 4.69) is 10.1 Å². The fourth-order valence-electron chi connectivity index (χ4n) is 1.48. The van der Waals surface area contributed by atoms with Crippen molar-refractivity contribution in [1.82, 2.24) is 14.8 Å². The first-order valence-corrected chi connectivity index (χ1v) is 5.37. The summed E-state index contributed by atoms with van der Waals surface area (Å²) in [5.74, 6) is 0.959. The second kappa shape index (κ2) is 5.30. The maximum Gasteiger partial charge on any atom is 0.137 e. The third-order valence-electron chi connectivity index (χ3n) is 2.35. The van der Waals surface area contributed by atoms with Crippen molar-refractivity contribution in [2.24, 2.45) is 0 Å². The highest BCUT2D eigenvalue weighted by atomic mass is 16.5. The number of para-hydroxylation sites is 1. The van der Waals surface area contributed by atoms with Crippen LogP contribution in [0.3, 0.4) is 0 Å². The van der Waals surface area contributed by atoms with Gasteiger partial charge in [-0.1, -0.05) is 18.2 Å². The lowest BCUT2D eigenvalue weighted by atomic mass is 10.2. The molecule has 0 bridgehead atoms. The molecule has 0 saturated carbocycles. The van der Waals surface area contributed by atoms with Crippen LogP contribution in [0.2, 0.25) is 0 Å². The van der Waals surface area contributed by atoms with E-state index in [1.54, 1.807) is 17.3 Å². The molecule has 84 valence electrons. The van der Waals surface area contributed by atoms with Gasteiger partial charge >= 0.3 is 0 Å². The molecule has 16 heavy (non-hydrogen) atoms. The van der Waals surface area contributed by atoms with E-state index < -0.39 is 0 Å². The minimum Gasteiger partial charge on any atom is -0.493 e. The van der Waals surface area contributed by atoms with E-state index in [1.165, 1.54) is 5.56 Å². The Morgan fingerprint density at radius 2 is 2.19 bits per heavy atom. The maximum absolute atomic E-state index is 5.67. The highest BCUT2D eigenvalue weighted by molar-refractivity contribution is 5.31. The van der Waals surface area contributed by atoms with Gasteiger partial charge in [0.25, 0.3) is 0 Å². The van der Waals surface area contributed by atoms with Crippen LogP contribution in [0.5, 0.6) is 5.75 Å². The standard InChI is InChI=1S/C12H15N3O/c1-11-5-2-3-6-12(11)16-8-4-7-15-10-13-9-14-15/h2-3,5-6,9-10H,4,7-8H2,1H3. The molecule has 0 amide bonds. The van der Waals surface area contributed by atoms with Crippen molar-refractivity contribution < 1.29 is 4.74 Å². The van der Waals surface area contributed by atoms with Gasteiger partial charge in [-0.2, -0.15) is 5.10 Å². The molecule has 2 aromatic rings. The number of ether oxygens (including phenoxy) is 1. The molecule has 1 heterocycles. The maximum atomic E-state index is 5.67. The van der Waals surface area contributed by atoms with E-state index in [9.17, 15) is 0 Å². The predicted octanol–water partition coefficient (Wildman–Crippen LogP) is 2.06. The molecule has 0 fully saturated rings. The molecule has 0 N–H and O–H groups in total. The van der Waals surface area contributed by atoms with Gasteiger partial charge < -0.3 is 4.74 Å². The summed E-state index contributed by atoms with van der Waals surface area (Å²) in [6.45, 7) is 3.59. The quantitative estimate of drug-likeness (QED) is 0.720. The molecule has 4 heteroatoms. The van der Waals surface area contributed by atoms with Crippen molar-refractivity contribution in [3.8, 4) is 5.75 Å². The van der Waals surface area contributed by atoms with Crippen molar-refractivity contribution in [2.75, 3.05) is 6.61 Å². The van der Waals surface area contributed by atoms with Crippen LogP contribution in [0.4, 0.5) is 0 Å². The van der Waals surface area contributed by atoms with Crippen LogP contribution in [0.1, 0.15) is 12.0 Å². The smallest absolute Gasteiger partial charge is 0.137 e. The molecule has 0 atom stereocenters. The van der Waals surface area contributed by atoms with Crippen molar-refractivity contribution in [3.05, 3.63) is 42.5 Å². The van der Waals surface area contributed by atoms with Gasteiger partial charge in [-0.05, 0) is 18.6 Å². The van der Waals surface area contributed by atoms with Crippen LogP contribution < -0.4 is 4.74 Å². The first kappa shape index (κ1) is 10.7. The topological polar surface area (TPSA) is 39.9 Å². The number of aromatic nitrogens is 3. The first-order valence-electron chi connectivity index (χ1n) is 5.37. The molecule has 0 unspecified atom stereocenters. The van der Waals surface area contributed by atoms with Crippen LogP contribution in [0.15, 0.2) is 36.9 Å². The minimum atomic E-state index is 0.699. The van der Waals surface area contributed by atoms with Crippen LogP contribution >= 0.6 is 0 Å². The Kier molecular flexibility index (Phi) is 3.53. The molecule has 0 aliphatic carbocycles. The Bertz CT molecular complexity index is 426. The van der Waals surface area contributed by atoms with Gasteiger partial charge in [-0.25, -0.2) is 4.98 Å². The SMILES string of the molecule is Cc1ccccc1OCCCn1cncn1. The lowest BCUT2D eigenvalue weighted by molar-refractivity contribution is 0.297. The molecular weight excluding hydrogens is 202 g/mol. The lowest BCUT2D eigenvalue weighted by Crippen LogP contribution is -2.05. The van der Waals surface area contributed by atoms with E-state index in [0.717, 1.165) is 18.7 Å². The number of nitrogens with zero attached hydrogens (tertiary/aromatic N) is 3. The van der Waals surface area contributed by atoms with E-state index in [4.69, 9.17) is 4.74 Å². The third-order valence-corrected chi connectivity index (χ3v) is 2.35. The molecular formula is C12H15N3O. The summed E-state index contributed by atoms with van der Waals surface area (Å²) < 4.78 is 7.48. The highest BCUT2D eigenvalue weighted by Gasteiger charge is 1.97. The summed E-state index contributed by atoms with van der Waals surface area (Å²) in [4.78, 5) is 3.88. The van der Waals surface area contributed by atoms with E-state index >= 15 is 0 Å². The van der Waals surface area contributed by atoms with E-state index in [1.807, 2.05) is 31.2 Å². The fraction of sp³-hybridized carbons (Fsp3) is 0.333. The highest BCUT2D eigenvalue weighted by Crippen LogP contribution is 2.16. The Morgan fingerprint density at radius 1 is 1.31 bits per heavy atom. The molecule has 0 aliphatic heterocycles. The second-order valence-electron chi connectivity index (χ2n) is 3.63. The van der Waals surface area contributed by atoms with Gasteiger partial charge in [0.05, 0.1) is 6.61 Å². The van der Waals surface area contributed by atoms with E-state index in [0.29, 0.717) is 6.61 Å². The summed E-state index contributed by atoms with van der Waals surface area (Å²) in [6, 6.07) is 8.04. The van der Waals surface area contributed by atoms with Gasteiger partial charge in [0.15, 0.2) is 0 Å². The monoisotopic (exact) mass is 217 g/mol. The molecule has 2 rings (SSSR count). The molecule has 4 nitrogen and oxygen atoms in total. The Hall–Kier alpha value is -1.84. The average Bonchev–Trinajstić information content (AvgIpc) is 2.79. The third kappa shape index (κ3) is 2.82. The number of hydrogen-bond acceptors (Lipinski definition) is 3. The summed E-state index contributed by atoms with van der Waals surface area (Å²) in [5, 5.41) is 4.03. The summed E-state index contributed by atoms with van der Waals surface area (Å²) in [5.41, 5.74) is 1.17. The fourth-order valence-corrected chi connectivity index (χ4v) is 1.48. The Labute approximate surface area is 94.9 Å². The Morgan fingerprint density at radius 3 is 2.94 bits per heavy atom. The van der Waals surface area contributed by atoms with Gasteiger partial charge in [-0.15, -0.1) is 0 Å². The molecule has 1 aromatic heterocycles. The first-order chi connectivity index (χ1) is 7.86. The summed E-state index contributed by atoms with van der Waals surface area (Å²) >= 11 is 0. The molecule has 1 aromatic carbocycles. The minimum absolute atomic E-state index is 0.699. The molecule has 0 spiro atoms. The summed E-state index contributed by atoms with van der Waals surface area (Å²) in [6.07, 6.45) is 4.19. The zero-order valence-electron chi connectivity index (χ0n) is 9.34. The Balaban J connectivity index is 1.74. The van der Waals surface area contributed by atoms with Gasteiger partial charge in [0.1, 0.15) is 18.4 Å².